The fourth-order valence-corrected chi connectivity index (χ4v) is 3.81. The molecule has 0 aliphatic heterocycles. The van der Waals surface area contributed by atoms with Crippen molar-refractivity contribution in [3.63, 3.8) is 0 Å². The van der Waals surface area contributed by atoms with Gasteiger partial charge in [-0.2, -0.15) is 0 Å². The summed E-state index contributed by atoms with van der Waals surface area (Å²) in [5, 5.41) is 0. The highest BCUT2D eigenvalue weighted by Crippen LogP contribution is 2.43. The summed E-state index contributed by atoms with van der Waals surface area (Å²) in [6.07, 6.45) is 4.38. The van der Waals surface area contributed by atoms with Gasteiger partial charge >= 0.3 is 0 Å². The Bertz CT molecular complexity index is 602. The Labute approximate surface area is 125 Å². The van der Waals surface area contributed by atoms with Crippen LogP contribution in [0.15, 0.2) is 29.2 Å². The minimum absolute atomic E-state index is 0.147. The molecule has 0 bridgehead atoms. The first-order valence-electron chi connectivity index (χ1n) is 6.78. The average Bonchev–Trinajstić information content (AvgIpc) is 2.38. The van der Waals surface area contributed by atoms with Gasteiger partial charge in [-0.1, -0.05) is 37.7 Å². The van der Waals surface area contributed by atoms with E-state index in [1.807, 2.05) is 0 Å². The molecule has 1 aliphatic rings. The summed E-state index contributed by atoms with van der Waals surface area (Å²) in [6, 6.07) is 6.44. The summed E-state index contributed by atoms with van der Waals surface area (Å²) >= 11 is 4.88. The van der Waals surface area contributed by atoms with Crippen molar-refractivity contribution >= 4 is 27.2 Å². The van der Waals surface area contributed by atoms with Gasteiger partial charge in [-0.05, 0) is 36.8 Å². The molecule has 6 heteroatoms. The zero-order chi connectivity index (χ0) is 14.8. The maximum Gasteiger partial charge on any atom is 0.240 e. The molecular weight excluding hydrogens is 292 g/mol. The molecule has 2 rings (SSSR count). The van der Waals surface area contributed by atoms with E-state index in [9.17, 15) is 8.42 Å². The van der Waals surface area contributed by atoms with Crippen LogP contribution in [0.4, 0.5) is 0 Å². The van der Waals surface area contributed by atoms with Gasteiger partial charge < -0.3 is 5.73 Å². The number of nitrogens with two attached hydrogens (primary N) is 1. The lowest BCUT2D eigenvalue weighted by molar-refractivity contribution is 0.133. The third kappa shape index (κ3) is 3.19. The van der Waals surface area contributed by atoms with Crippen LogP contribution in [0.3, 0.4) is 0 Å². The lowest BCUT2D eigenvalue weighted by Gasteiger charge is -2.41. The van der Waals surface area contributed by atoms with Gasteiger partial charge in [0.15, 0.2) is 0 Å². The van der Waals surface area contributed by atoms with Crippen molar-refractivity contribution in [2.75, 3.05) is 6.54 Å². The maximum atomic E-state index is 12.3. The highest BCUT2D eigenvalue weighted by atomic mass is 32.2. The number of hydrogen-bond donors (Lipinski definition) is 2. The molecule has 0 saturated heterocycles. The molecular formula is C14H20N2O2S2. The van der Waals surface area contributed by atoms with Crippen LogP contribution in [0.1, 0.15) is 38.2 Å². The average molecular weight is 312 g/mol. The molecule has 20 heavy (non-hydrogen) atoms. The van der Waals surface area contributed by atoms with Crippen LogP contribution in [-0.2, 0) is 10.0 Å². The molecule has 3 N–H and O–H groups in total. The second-order valence-electron chi connectivity index (χ2n) is 5.42. The number of thiocarbonyl (C=S) groups is 1. The van der Waals surface area contributed by atoms with Crippen LogP contribution in [0, 0.1) is 5.41 Å². The Morgan fingerprint density at radius 3 is 2.65 bits per heavy atom. The maximum absolute atomic E-state index is 12.3. The summed E-state index contributed by atoms with van der Waals surface area (Å²) in [5.41, 5.74) is 6.25. The van der Waals surface area contributed by atoms with Gasteiger partial charge in [0.2, 0.25) is 10.0 Å². The van der Waals surface area contributed by atoms with E-state index in [1.165, 1.54) is 12.5 Å². The fourth-order valence-electron chi connectivity index (χ4n) is 2.48. The Morgan fingerprint density at radius 2 is 2.15 bits per heavy atom. The minimum Gasteiger partial charge on any atom is -0.389 e. The normalized spacial score (nSPS) is 17.4. The summed E-state index contributed by atoms with van der Waals surface area (Å²) < 4.78 is 27.4. The molecule has 0 amide bonds. The van der Waals surface area contributed by atoms with E-state index < -0.39 is 10.0 Å². The molecule has 0 heterocycles. The van der Waals surface area contributed by atoms with Crippen molar-refractivity contribution in [3.05, 3.63) is 29.8 Å². The van der Waals surface area contributed by atoms with E-state index in [-0.39, 0.29) is 15.3 Å². The minimum atomic E-state index is -3.50. The van der Waals surface area contributed by atoms with Crippen LogP contribution >= 0.6 is 12.2 Å². The summed E-state index contributed by atoms with van der Waals surface area (Å²) in [5.74, 6) is 0. The quantitative estimate of drug-likeness (QED) is 0.790. The molecule has 1 aromatic rings. The zero-order valence-corrected chi connectivity index (χ0v) is 13.2. The second-order valence-corrected chi connectivity index (χ2v) is 7.63. The molecule has 0 spiro atoms. The van der Waals surface area contributed by atoms with Crippen LogP contribution < -0.4 is 10.5 Å². The van der Waals surface area contributed by atoms with Crippen LogP contribution in [0.2, 0.25) is 0 Å². The van der Waals surface area contributed by atoms with Crippen LogP contribution in [0.25, 0.3) is 0 Å². The monoisotopic (exact) mass is 312 g/mol. The standard InChI is InChI=1S/C14H20N2O2S2/c1-2-14(7-4-8-14)10-16-20(17,18)12-6-3-5-11(9-12)13(15)19/h3,5-6,9,16H,2,4,7-8,10H2,1H3,(H2,15,19). The smallest absolute Gasteiger partial charge is 0.240 e. The van der Waals surface area contributed by atoms with Gasteiger partial charge in [0.25, 0.3) is 0 Å². The molecule has 4 nitrogen and oxygen atoms in total. The van der Waals surface area contributed by atoms with E-state index in [1.54, 1.807) is 18.2 Å². The SMILES string of the molecule is CCC1(CNS(=O)(=O)c2cccc(C(N)=S)c2)CCC1. The van der Waals surface area contributed by atoms with Crippen molar-refractivity contribution in [2.24, 2.45) is 11.1 Å². The van der Waals surface area contributed by atoms with Gasteiger partial charge in [0, 0.05) is 12.1 Å². The predicted octanol–water partition coefficient (Wildman–Crippen LogP) is 2.18. The van der Waals surface area contributed by atoms with E-state index in [4.69, 9.17) is 18.0 Å². The number of nitrogens with one attached hydrogen (secondary N) is 1. The Kier molecular flexibility index (Phi) is 4.46. The molecule has 1 aliphatic carbocycles. The summed E-state index contributed by atoms with van der Waals surface area (Å²) in [7, 11) is -3.50. The molecule has 1 aromatic carbocycles. The highest BCUT2D eigenvalue weighted by molar-refractivity contribution is 7.89. The third-order valence-corrected chi connectivity index (χ3v) is 5.86. The number of rotatable bonds is 6. The first-order chi connectivity index (χ1) is 9.38. The van der Waals surface area contributed by atoms with E-state index in [2.05, 4.69) is 11.6 Å². The molecule has 0 atom stereocenters. The highest BCUT2D eigenvalue weighted by Gasteiger charge is 2.36. The van der Waals surface area contributed by atoms with Crippen molar-refractivity contribution in [3.8, 4) is 0 Å². The van der Waals surface area contributed by atoms with E-state index in [0.29, 0.717) is 12.1 Å². The van der Waals surface area contributed by atoms with Crippen molar-refractivity contribution in [1.82, 2.24) is 4.72 Å². The molecule has 0 radical (unpaired) electrons. The van der Waals surface area contributed by atoms with E-state index in [0.717, 1.165) is 19.3 Å². The summed E-state index contributed by atoms with van der Waals surface area (Å²) in [6.45, 7) is 2.62. The largest absolute Gasteiger partial charge is 0.389 e. The number of sulfonamides is 1. The van der Waals surface area contributed by atoms with Gasteiger partial charge in [-0.3, -0.25) is 0 Å². The van der Waals surface area contributed by atoms with Crippen LogP contribution in [-0.4, -0.2) is 20.0 Å². The summed E-state index contributed by atoms with van der Waals surface area (Å²) in [4.78, 5) is 0.416. The molecule has 110 valence electrons. The predicted molar refractivity (Wildman–Crippen MR) is 84.1 cm³/mol. The fraction of sp³-hybridized carbons (Fsp3) is 0.500. The van der Waals surface area contributed by atoms with Gasteiger partial charge in [0.05, 0.1) is 4.90 Å². The van der Waals surface area contributed by atoms with E-state index >= 15 is 0 Å². The molecule has 0 unspecified atom stereocenters. The third-order valence-electron chi connectivity index (χ3n) is 4.23. The topological polar surface area (TPSA) is 72.2 Å². The first-order valence-corrected chi connectivity index (χ1v) is 8.67. The first kappa shape index (κ1) is 15.4. The molecule has 0 aromatic heterocycles. The van der Waals surface area contributed by atoms with Crippen molar-refractivity contribution in [2.45, 2.75) is 37.5 Å². The number of benzene rings is 1. The Morgan fingerprint density at radius 1 is 1.45 bits per heavy atom. The zero-order valence-electron chi connectivity index (χ0n) is 11.6. The van der Waals surface area contributed by atoms with Gasteiger partial charge in [0.1, 0.15) is 4.99 Å². The lowest BCUT2D eigenvalue weighted by atomic mass is 9.67. The van der Waals surface area contributed by atoms with Crippen molar-refractivity contribution in [1.29, 1.82) is 0 Å². The molecule has 1 saturated carbocycles. The number of hydrogen-bond acceptors (Lipinski definition) is 3. The van der Waals surface area contributed by atoms with Gasteiger partial charge in [-0.15, -0.1) is 0 Å². The second kappa shape index (κ2) is 5.79. The Balaban J connectivity index is 2.14. The lowest BCUT2D eigenvalue weighted by Crippen LogP contribution is -2.41. The Hall–Kier alpha value is -0.980. The van der Waals surface area contributed by atoms with Crippen molar-refractivity contribution < 1.29 is 8.42 Å². The van der Waals surface area contributed by atoms with Crippen LogP contribution in [0.5, 0.6) is 0 Å². The van der Waals surface area contributed by atoms with Gasteiger partial charge in [-0.25, -0.2) is 13.1 Å². The molecule has 1 fully saturated rings.